The van der Waals surface area contributed by atoms with Crippen molar-refractivity contribution < 1.29 is 41.9 Å². The summed E-state index contributed by atoms with van der Waals surface area (Å²) in [7, 11) is -0.691. The Morgan fingerprint density at radius 2 is 1.64 bits per heavy atom. The van der Waals surface area contributed by atoms with Gasteiger partial charge in [0.25, 0.3) is 15.9 Å². The first-order valence-electron chi connectivity index (χ1n) is 19.1. The lowest BCUT2D eigenvalue weighted by molar-refractivity contribution is -0.141. The first-order valence-corrected chi connectivity index (χ1v) is 20.6. The van der Waals surface area contributed by atoms with Crippen molar-refractivity contribution >= 4 is 45.6 Å². The Bertz CT molecular complexity index is 1950. The Morgan fingerprint density at radius 1 is 0.964 bits per heavy atom. The average molecular weight is 793 g/mol. The second-order valence-electron chi connectivity index (χ2n) is 16.2. The molecule has 6 rings (SSSR count). The molecule has 16 heteroatoms. The molecule has 15 nitrogen and oxygen atoms in total. The van der Waals surface area contributed by atoms with Crippen LogP contribution in [0.25, 0.3) is 0 Å². The van der Waals surface area contributed by atoms with Gasteiger partial charge in [-0.25, -0.2) is 22.7 Å². The van der Waals surface area contributed by atoms with Gasteiger partial charge in [-0.1, -0.05) is 49.3 Å². The van der Waals surface area contributed by atoms with Gasteiger partial charge in [0.1, 0.15) is 29.3 Å². The number of allylic oxidation sites excluding steroid dienone is 1. The summed E-state index contributed by atoms with van der Waals surface area (Å²) in [6.45, 7) is 5.69. The predicted molar refractivity (Wildman–Crippen MR) is 207 cm³/mol. The van der Waals surface area contributed by atoms with Crippen molar-refractivity contribution in [3.63, 3.8) is 0 Å². The number of benzene rings is 2. The fraction of sp³-hybridized carbons (Fsp3) is 0.525. The number of nitrogens with one attached hydrogen (secondary N) is 3. The number of sulfonamides is 1. The van der Waals surface area contributed by atoms with Crippen LogP contribution in [0.1, 0.15) is 76.8 Å². The molecule has 0 bridgehead atoms. The maximum Gasteiger partial charge on any atom is 0.410 e. The molecule has 5 atom stereocenters. The predicted octanol–water partition coefficient (Wildman–Crippen LogP) is 3.97. The fourth-order valence-corrected chi connectivity index (χ4v) is 8.53. The second-order valence-corrected chi connectivity index (χ2v) is 17.9. The Hall–Kier alpha value is -5.12. The summed E-state index contributed by atoms with van der Waals surface area (Å²) < 4.78 is 40.5. The zero-order chi connectivity index (χ0) is 40.4. The van der Waals surface area contributed by atoms with E-state index in [-0.39, 0.29) is 30.7 Å². The highest BCUT2D eigenvalue weighted by molar-refractivity contribution is 7.90. The number of nitrogens with zero attached hydrogens (tertiary/aromatic N) is 3. The van der Waals surface area contributed by atoms with Gasteiger partial charge in [-0.3, -0.25) is 19.3 Å². The number of carbonyl (C=O) groups is 5. The van der Waals surface area contributed by atoms with Crippen LogP contribution in [-0.2, 0) is 47.0 Å². The van der Waals surface area contributed by atoms with E-state index in [1.807, 2.05) is 55.4 Å². The summed E-state index contributed by atoms with van der Waals surface area (Å²) >= 11 is 0. The molecule has 5 amide bonds. The number of hydrogen-bond acceptors (Lipinski definition) is 10. The van der Waals surface area contributed by atoms with Crippen LogP contribution in [0, 0.1) is 5.92 Å². The highest BCUT2D eigenvalue weighted by atomic mass is 32.2. The van der Waals surface area contributed by atoms with Crippen molar-refractivity contribution in [2.24, 2.45) is 5.92 Å². The number of amides is 5. The maximum absolute atomic E-state index is 14.4. The van der Waals surface area contributed by atoms with Gasteiger partial charge < -0.3 is 29.9 Å². The minimum absolute atomic E-state index is 0.0853. The minimum atomic E-state index is -4.33. The van der Waals surface area contributed by atoms with E-state index in [9.17, 15) is 32.4 Å². The van der Waals surface area contributed by atoms with E-state index in [0.29, 0.717) is 25.9 Å². The van der Waals surface area contributed by atoms with Gasteiger partial charge in [-0.2, -0.15) is 0 Å². The smallest absolute Gasteiger partial charge is 0.410 e. The second kappa shape index (κ2) is 16.2. The van der Waals surface area contributed by atoms with Crippen LogP contribution in [0.3, 0.4) is 0 Å². The van der Waals surface area contributed by atoms with Crippen LogP contribution in [0.5, 0.6) is 0 Å². The van der Waals surface area contributed by atoms with E-state index in [4.69, 9.17) is 9.47 Å². The lowest BCUT2D eigenvalue weighted by Crippen LogP contribution is -2.58. The van der Waals surface area contributed by atoms with Crippen molar-refractivity contribution in [3.05, 3.63) is 71.8 Å². The first kappa shape index (κ1) is 40.5. The topological polar surface area (TPSA) is 184 Å². The minimum Gasteiger partial charge on any atom is -0.444 e. The van der Waals surface area contributed by atoms with Gasteiger partial charge in [0.2, 0.25) is 11.8 Å². The number of fused-ring (bicyclic) bond motifs is 3. The summed E-state index contributed by atoms with van der Waals surface area (Å²) in [4.78, 5) is 73.7. The zero-order valence-electron chi connectivity index (χ0n) is 32.6. The molecule has 0 radical (unpaired) electrons. The molecule has 2 aromatic rings. The van der Waals surface area contributed by atoms with Crippen LogP contribution in [0.4, 0.5) is 15.3 Å². The van der Waals surface area contributed by atoms with Crippen molar-refractivity contribution in [1.29, 1.82) is 0 Å². The van der Waals surface area contributed by atoms with Crippen molar-refractivity contribution in [2.75, 3.05) is 25.5 Å². The van der Waals surface area contributed by atoms with Crippen molar-refractivity contribution in [3.8, 4) is 0 Å². The number of alkyl carbamates (subject to hydrolysis) is 1. The summed E-state index contributed by atoms with van der Waals surface area (Å²) in [6, 6.07) is 11.4. The number of hydrogen-bond donors (Lipinski definition) is 3. The molecule has 3 aliphatic heterocycles. The highest BCUT2D eigenvalue weighted by Gasteiger charge is 2.61. The number of anilines is 1. The summed E-state index contributed by atoms with van der Waals surface area (Å²) in [6.07, 6.45) is 4.49. The Kier molecular flexibility index (Phi) is 11.7. The third-order valence-corrected chi connectivity index (χ3v) is 11.9. The molecule has 302 valence electrons. The van der Waals surface area contributed by atoms with E-state index in [0.717, 1.165) is 29.7 Å². The molecule has 0 aromatic heterocycles. The Balaban J connectivity index is 1.26. The molecule has 3 heterocycles. The number of ether oxygens (including phenoxy) is 2. The molecule has 1 aliphatic carbocycles. The van der Waals surface area contributed by atoms with E-state index < -0.39 is 75.2 Å². The van der Waals surface area contributed by atoms with Crippen molar-refractivity contribution in [1.82, 2.24) is 25.2 Å². The van der Waals surface area contributed by atoms with E-state index >= 15 is 0 Å². The SMILES string of the molecule is CN(C)c1ccc(S(=O)(=O)NC(=O)[C@@]23C[C@H]2C=CCCCCC[C@H](NC(=O)OC(C)(C)C)C(=O)N2C[C@H](OC(=O)N4Cc5ccccc5C4)C[C@H]2C(=O)N3)cc1. The average Bonchev–Trinajstić information content (AvgIpc) is 3.42. The van der Waals surface area contributed by atoms with Gasteiger partial charge in [0.05, 0.1) is 11.4 Å². The van der Waals surface area contributed by atoms with Gasteiger partial charge in [-0.05, 0) is 81.8 Å². The van der Waals surface area contributed by atoms with E-state index in [1.54, 1.807) is 37.8 Å². The fourth-order valence-electron chi connectivity index (χ4n) is 7.49. The molecule has 2 aromatic carbocycles. The van der Waals surface area contributed by atoms with E-state index in [1.165, 1.54) is 17.0 Å². The normalized spacial score (nSPS) is 25.4. The Labute approximate surface area is 328 Å². The molecular weight excluding hydrogens is 741 g/mol. The highest BCUT2D eigenvalue weighted by Crippen LogP contribution is 2.46. The molecule has 1 saturated heterocycles. The van der Waals surface area contributed by atoms with Crippen LogP contribution in [0.15, 0.2) is 65.6 Å². The first-order chi connectivity index (χ1) is 26.5. The molecule has 0 unspecified atom stereocenters. The van der Waals surface area contributed by atoms with Crippen LogP contribution >= 0.6 is 0 Å². The van der Waals surface area contributed by atoms with Crippen LogP contribution in [0.2, 0.25) is 0 Å². The molecule has 56 heavy (non-hydrogen) atoms. The van der Waals surface area contributed by atoms with Gasteiger partial charge in [0, 0.05) is 45.2 Å². The molecular formula is C40H52N6O9S. The molecule has 1 saturated carbocycles. The lowest BCUT2D eigenvalue weighted by Gasteiger charge is -2.30. The standard InChI is InChI=1S/C40H52N6O9S/c1-39(2,3)55-37(50)41-32-16-10-8-6-7-9-15-28-22-40(28,36(49)43-56(52,53)31-19-17-29(18-20-31)44(4)5)42-34(47)33-21-30(25-46(33)35(32)48)54-38(51)45-23-26-13-11-12-14-27(26)24-45/h9,11-15,17-20,28,30,32-33H,6-8,10,16,21-25H2,1-5H3,(H,41,50)(H,42,47)(H,43,49)/t28-,30-,32+,33+,40-/m1/s1. The quantitative estimate of drug-likeness (QED) is 0.362. The molecule has 3 N–H and O–H groups in total. The number of carbonyl (C=O) groups excluding carboxylic acids is 5. The zero-order valence-corrected chi connectivity index (χ0v) is 33.4. The third-order valence-electron chi connectivity index (χ3n) is 10.6. The van der Waals surface area contributed by atoms with Crippen LogP contribution < -0.4 is 20.3 Å². The molecule has 2 fully saturated rings. The Morgan fingerprint density at radius 3 is 2.29 bits per heavy atom. The van der Waals surface area contributed by atoms with Gasteiger partial charge in [0.15, 0.2) is 0 Å². The summed E-state index contributed by atoms with van der Waals surface area (Å²) in [5.41, 5.74) is 0.312. The largest absolute Gasteiger partial charge is 0.444 e. The van der Waals surface area contributed by atoms with Crippen molar-refractivity contribution in [2.45, 2.75) is 113 Å². The lowest BCUT2D eigenvalue weighted by atomic mass is 10.0. The van der Waals surface area contributed by atoms with E-state index in [2.05, 4.69) is 15.4 Å². The molecule has 0 spiro atoms. The summed E-state index contributed by atoms with van der Waals surface area (Å²) in [5, 5.41) is 5.53. The van der Waals surface area contributed by atoms with Crippen LogP contribution in [-0.4, -0.2) is 98.1 Å². The maximum atomic E-state index is 14.4. The van der Waals surface area contributed by atoms with Gasteiger partial charge >= 0.3 is 12.2 Å². The monoisotopic (exact) mass is 792 g/mol. The third kappa shape index (κ3) is 9.28. The molecule has 4 aliphatic rings. The van der Waals surface area contributed by atoms with Gasteiger partial charge in [-0.15, -0.1) is 0 Å². The number of rotatable bonds is 6. The summed E-state index contributed by atoms with van der Waals surface area (Å²) in [5.74, 6) is -2.69.